The van der Waals surface area contributed by atoms with Crippen LogP contribution in [0, 0.1) is 12.7 Å². The Hall–Kier alpha value is -1.79. The van der Waals surface area contributed by atoms with Gasteiger partial charge in [0, 0.05) is 11.6 Å². The second-order valence-corrected chi connectivity index (χ2v) is 7.12. The van der Waals surface area contributed by atoms with E-state index in [9.17, 15) is 12.8 Å². The summed E-state index contributed by atoms with van der Waals surface area (Å²) >= 11 is 6.08. The smallest absolute Gasteiger partial charge is 0.264 e. The van der Waals surface area contributed by atoms with Crippen molar-refractivity contribution in [3.8, 4) is 5.75 Å². The Morgan fingerprint density at radius 1 is 1.26 bits per heavy atom. The fourth-order valence-corrected chi connectivity index (χ4v) is 3.98. The summed E-state index contributed by atoms with van der Waals surface area (Å²) in [4.78, 5) is -0.142. The fourth-order valence-electron chi connectivity index (χ4n) is 2.27. The van der Waals surface area contributed by atoms with Crippen LogP contribution in [0.1, 0.15) is 12.5 Å². The van der Waals surface area contributed by atoms with Gasteiger partial charge in [0.05, 0.1) is 17.7 Å². The highest BCUT2D eigenvalue weighted by Gasteiger charge is 2.26. The molecule has 0 aliphatic carbocycles. The molecule has 0 bridgehead atoms. The van der Waals surface area contributed by atoms with Gasteiger partial charge < -0.3 is 4.74 Å². The minimum absolute atomic E-state index is 0.00839. The first-order chi connectivity index (χ1) is 10.8. The van der Waals surface area contributed by atoms with Crippen molar-refractivity contribution in [2.45, 2.75) is 18.7 Å². The van der Waals surface area contributed by atoms with E-state index in [1.165, 1.54) is 23.5 Å². The summed E-state index contributed by atoms with van der Waals surface area (Å²) in [6.45, 7) is 3.64. The Morgan fingerprint density at radius 2 is 1.96 bits per heavy atom. The number of methoxy groups -OCH3 is 1. The number of benzene rings is 2. The van der Waals surface area contributed by atoms with E-state index in [4.69, 9.17) is 16.3 Å². The second-order valence-electron chi connectivity index (χ2n) is 4.85. The average molecular weight is 358 g/mol. The van der Waals surface area contributed by atoms with Crippen molar-refractivity contribution in [3.05, 3.63) is 52.8 Å². The van der Waals surface area contributed by atoms with Crippen LogP contribution in [0.4, 0.5) is 10.1 Å². The Labute approximate surface area is 140 Å². The molecule has 0 N–H and O–H groups in total. The molecular weight excluding hydrogens is 341 g/mol. The van der Waals surface area contributed by atoms with E-state index in [0.717, 1.165) is 6.07 Å². The monoisotopic (exact) mass is 357 g/mol. The number of ether oxygens (including phenoxy) is 1. The molecule has 0 saturated carbocycles. The minimum atomic E-state index is -3.91. The second kappa shape index (κ2) is 6.76. The van der Waals surface area contributed by atoms with Gasteiger partial charge in [0.1, 0.15) is 0 Å². The Kier molecular flexibility index (Phi) is 5.16. The quantitative estimate of drug-likeness (QED) is 0.812. The van der Waals surface area contributed by atoms with Gasteiger partial charge in [-0.15, -0.1) is 0 Å². The van der Waals surface area contributed by atoms with Crippen molar-refractivity contribution in [2.75, 3.05) is 18.0 Å². The van der Waals surface area contributed by atoms with E-state index in [1.807, 2.05) is 0 Å². The van der Waals surface area contributed by atoms with Crippen molar-refractivity contribution >= 4 is 27.3 Å². The number of sulfonamides is 1. The van der Waals surface area contributed by atoms with Crippen LogP contribution in [0.3, 0.4) is 0 Å². The molecule has 0 spiro atoms. The summed E-state index contributed by atoms with van der Waals surface area (Å²) in [6, 6.07) is 8.60. The number of hydrogen-bond acceptors (Lipinski definition) is 3. The highest BCUT2D eigenvalue weighted by Crippen LogP contribution is 2.31. The number of halogens is 2. The highest BCUT2D eigenvalue weighted by molar-refractivity contribution is 7.92. The van der Waals surface area contributed by atoms with Gasteiger partial charge >= 0.3 is 0 Å². The molecule has 4 nitrogen and oxygen atoms in total. The van der Waals surface area contributed by atoms with Gasteiger partial charge in [-0.25, -0.2) is 12.8 Å². The molecular formula is C16H17ClFNO3S. The SMILES string of the molecule is CCN(c1cccc(Cl)c1C)S(=O)(=O)c1ccc(OC)c(F)c1. The molecule has 0 atom stereocenters. The molecule has 0 saturated heterocycles. The molecule has 0 radical (unpaired) electrons. The lowest BCUT2D eigenvalue weighted by molar-refractivity contribution is 0.385. The summed E-state index contributed by atoms with van der Waals surface area (Å²) in [5.41, 5.74) is 1.12. The van der Waals surface area contributed by atoms with E-state index >= 15 is 0 Å². The molecule has 2 aromatic carbocycles. The van der Waals surface area contributed by atoms with Crippen molar-refractivity contribution in [2.24, 2.45) is 0 Å². The van der Waals surface area contributed by atoms with Gasteiger partial charge in [-0.05, 0) is 49.7 Å². The number of hydrogen-bond donors (Lipinski definition) is 0. The number of nitrogens with zero attached hydrogens (tertiary/aromatic N) is 1. The first kappa shape index (κ1) is 17.6. The first-order valence-corrected chi connectivity index (χ1v) is 8.76. The van der Waals surface area contributed by atoms with Crippen LogP contribution in [-0.2, 0) is 10.0 Å². The van der Waals surface area contributed by atoms with E-state index in [-0.39, 0.29) is 17.2 Å². The van der Waals surface area contributed by atoms with Crippen molar-refractivity contribution in [3.63, 3.8) is 0 Å². The zero-order valence-corrected chi connectivity index (χ0v) is 14.6. The molecule has 2 rings (SSSR count). The molecule has 2 aromatic rings. The van der Waals surface area contributed by atoms with Crippen LogP contribution in [0.2, 0.25) is 5.02 Å². The molecule has 7 heteroatoms. The van der Waals surface area contributed by atoms with Gasteiger partial charge in [0.2, 0.25) is 0 Å². The van der Waals surface area contributed by atoms with Gasteiger partial charge in [-0.1, -0.05) is 17.7 Å². The number of anilines is 1. The lowest BCUT2D eigenvalue weighted by Crippen LogP contribution is -2.31. The maximum atomic E-state index is 13.9. The number of rotatable bonds is 5. The molecule has 0 aliphatic heterocycles. The van der Waals surface area contributed by atoms with Gasteiger partial charge in [0.15, 0.2) is 11.6 Å². The summed E-state index contributed by atoms with van der Waals surface area (Å²) < 4.78 is 45.6. The van der Waals surface area contributed by atoms with E-state index in [2.05, 4.69) is 0 Å². The molecule has 0 amide bonds. The minimum Gasteiger partial charge on any atom is -0.494 e. The van der Waals surface area contributed by atoms with Crippen LogP contribution in [0.5, 0.6) is 5.75 Å². The predicted molar refractivity (Wildman–Crippen MR) is 89.3 cm³/mol. The normalized spacial score (nSPS) is 11.3. The predicted octanol–water partition coefficient (Wildman–Crippen LogP) is 4.01. The summed E-state index contributed by atoms with van der Waals surface area (Å²) in [6.07, 6.45) is 0. The fraction of sp³-hybridized carbons (Fsp3) is 0.250. The average Bonchev–Trinajstić information content (AvgIpc) is 2.51. The third-order valence-electron chi connectivity index (χ3n) is 3.51. The Morgan fingerprint density at radius 3 is 2.52 bits per heavy atom. The lowest BCUT2D eigenvalue weighted by atomic mass is 10.2. The van der Waals surface area contributed by atoms with Crippen LogP contribution < -0.4 is 9.04 Å². The molecule has 23 heavy (non-hydrogen) atoms. The molecule has 0 aliphatic rings. The van der Waals surface area contributed by atoms with Crippen molar-refractivity contribution < 1.29 is 17.5 Å². The summed E-state index contributed by atoms with van der Waals surface area (Å²) in [5, 5.41) is 0.470. The van der Waals surface area contributed by atoms with Gasteiger partial charge in [-0.2, -0.15) is 0 Å². The zero-order valence-electron chi connectivity index (χ0n) is 13.0. The third kappa shape index (κ3) is 3.28. The maximum Gasteiger partial charge on any atom is 0.264 e. The van der Waals surface area contributed by atoms with Crippen molar-refractivity contribution in [1.29, 1.82) is 0 Å². The molecule has 124 valence electrons. The molecule has 0 unspecified atom stereocenters. The Balaban J connectivity index is 2.56. The van der Waals surface area contributed by atoms with Crippen molar-refractivity contribution in [1.82, 2.24) is 0 Å². The summed E-state index contributed by atoms with van der Waals surface area (Å²) in [5.74, 6) is -0.738. The molecule has 0 fully saturated rings. The van der Waals surface area contributed by atoms with Gasteiger partial charge in [0.25, 0.3) is 10.0 Å². The summed E-state index contributed by atoms with van der Waals surface area (Å²) in [7, 11) is -2.59. The maximum absolute atomic E-state index is 13.9. The van der Waals surface area contributed by atoms with Gasteiger partial charge in [-0.3, -0.25) is 4.31 Å². The largest absolute Gasteiger partial charge is 0.494 e. The Bertz CT molecular complexity index is 824. The molecule has 0 aromatic heterocycles. The van der Waals surface area contributed by atoms with E-state index in [0.29, 0.717) is 16.3 Å². The third-order valence-corrected chi connectivity index (χ3v) is 5.80. The van der Waals surface area contributed by atoms with Crippen LogP contribution in [0.15, 0.2) is 41.3 Å². The van der Waals surface area contributed by atoms with Crippen LogP contribution >= 0.6 is 11.6 Å². The first-order valence-electron chi connectivity index (χ1n) is 6.94. The zero-order chi connectivity index (χ0) is 17.2. The van der Waals surface area contributed by atoms with Crippen LogP contribution in [0.25, 0.3) is 0 Å². The standard InChI is InChI=1S/C16H17ClFNO3S/c1-4-19(15-7-5-6-13(17)11(15)2)23(20,21)12-8-9-16(22-3)14(18)10-12/h5-10H,4H2,1-3H3. The van der Waals surface area contributed by atoms with E-state index in [1.54, 1.807) is 32.0 Å². The molecule has 0 heterocycles. The highest BCUT2D eigenvalue weighted by atomic mass is 35.5. The topological polar surface area (TPSA) is 46.6 Å². The van der Waals surface area contributed by atoms with E-state index < -0.39 is 15.8 Å². The van der Waals surface area contributed by atoms with Crippen LogP contribution in [-0.4, -0.2) is 22.1 Å². The lowest BCUT2D eigenvalue weighted by Gasteiger charge is -2.25.